The van der Waals surface area contributed by atoms with E-state index in [-0.39, 0.29) is 11.1 Å². The lowest BCUT2D eigenvalue weighted by molar-refractivity contribution is -0.300. The minimum Gasteiger partial charge on any atom is -0.545 e. The summed E-state index contributed by atoms with van der Waals surface area (Å²) in [6, 6.07) is 0. The van der Waals surface area contributed by atoms with Crippen molar-refractivity contribution in [3.8, 4) is 0 Å². The van der Waals surface area contributed by atoms with Crippen LogP contribution in [-0.2, 0) is 9.59 Å². The summed E-state index contributed by atoms with van der Waals surface area (Å²) in [7, 11) is 0. The summed E-state index contributed by atoms with van der Waals surface area (Å²) in [5.74, 6) is -0.174. The molecule has 0 aromatic rings. The van der Waals surface area contributed by atoms with Crippen LogP contribution < -0.4 is 10.2 Å². The highest BCUT2D eigenvalue weighted by molar-refractivity contribution is 5.83. The second-order valence-corrected chi connectivity index (χ2v) is 9.05. The largest absolute Gasteiger partial charge is 0.545 e. The molecule has 30 heavy (non-hydrogen) atoms. The Morgan fingerprint density at radius 2 is 0.700 bits per heavy atom. The number of rotatable bonds is 3. The van der Waals surface area contributed by atoms with Crippen LogP contribution in [0.25, 0.3) is 0 Å². The van der Waals surface area contributed by atoms with Gasteiger partial charge in [-0.3, -0.25) is 0 Å². The molecule has 2 rings (SSSR count). The van der Waals surface area contributed by atoms with Crippen molar-refractivity contribution < 1.29 is 19.8 Å². The van der Waals surface area contributed by atoms with Gasteiger partial charge in [-0.2, -0.15) is 0 Å². The average Bonchev–Trinajstić information content (AvgIpc) is 2.92. The lowest BCUT2D eigenvalue weighted by Crippen LogP contribution is -2.22. The summed E-state index contributed by atoms with van der Waals surface area (Å²) in [5.41, 5.74) is 0.130. The molecule has 0 aromatic heterocycles. The monoisotopic (exact) mass is 420 g/mol. The second-order valence-electron chi connectivity index (χ2n) is 9.05. The smallest absolute Gasteiger partial charge is 0.0666 e. The van der Waals surface area contributed by atoms with E-state index in [2.05, 4.69) is 13.2 Å². The van der Waals surface area contributed by atoms with Crippen molar-refractivity contribution in [2.45, 2.75) is 117 Å². The first-order valence-corrected chi connectivity index (χ1v) is 12.0. The number of hydrogen-bond acceptors (Lipinski definition) is 4. The number of carbonyl (C=O) groups is 2. The van der Waals surface area contributed by atoms with Crippen LogP contribution in [0.3, 0.4) is 0 Å². The van der Waals surface area contributed by atoms with Crippen molar-refractivity contribution in [2.24, 2.45) is 11.8 Å². The highest BCUT2D eigenvalue weighted by Gasteiger charge is 2.21. The maximum Gasteiger partial charge on any atom is 0.0666 e. The Balaban J connectivity index is 0.000000580. The molecule has 0 aromatic carbocycles. The Morgan fingerprint density at radius 3 is 0.867 bits per heavy atom. The van der Waals surface area contributed by atoms with E-state index < -0.39 is 11.9 Å². The minimum atomic E-state index is -1.19. The van der Waals surface area contributed by atoms with Crippen molar-refractivity contribution in [3.05, 3.63) is 24.3 Å². The lowest BCUT2D eigenvalue weighted by Gasteiger charge is -2.27. The van der Waals surface area contributed by atoms with Crippen molar-refractivity contribution in [1.29, 1.82) is 0 Å². The van der Waals surface area contributed by atoms with E-state index in [0.29, 0.717) is 0 Å². The van der Waals surface area contributed by atoms with Gasteiger partial charge in [0.25, 0.3) is 0 Å². The van der Waals surface area contributed by atoms with Gasteiger partial charge in [0.2, 0.25) is 0 Å². The van der Waals surface area contributed by atoms with Gasteiger partial charge < -0.3 is 19.8 Å². The summed E-state index contributed by atoms with van der Waals surface area (Å²) in [6.45, 7) is 8.95. The minimum absolute atomic E-state index is 0.0648. The van der Waals surface area contributed by atoms with Gasteiger partial charge in [0, 0.05) is 0 Å². The molecule has 0 atom stereocenters. The zero-order valence-electron chi connectivity index (χ0n) is 19.5. The zero-order chi connectivity index (χ0) is 22.8. The molecule has 0 heterocycles. The molecule has 0 saturated heterocycles. The van der Waals surface area contributed by atoms with E-state index in [1.165, 1.54) is 90.9 Å². The van der Waals surface area contributed by atoms with Crippen LogP contribution in [0.1, 0.15) is 117 Å². The summed E-state index contributed by atoms with van der Waals surface area (Å²) < 4.78 is 0. The third kappa shape index (κ3) is 16.2. The SMILES string of the molecule is C1CCCCC(C2CCCCCCCC2)CCC1.C=C(C)C(=O)[O-].C=C(C)C(=O)[O-]. The van der Waals surface area contributed by atoms with Gasteiger partial charge in [0.1, 0.15) is 0 Å². The fourth-order valence-electron chi connectivity index (χ4n) is 4.27. The highest BCUT2D eigenvalue weighted by atomic mass is 16.4. The highest BCUT2D eigenvalue weighted by Crippen LogP contribution is 2.35. The standard InChI is InChI=1S/C18H34.2C4H6O2/c1-2-6-10-14-17(13-9-5-1)18-15-11-7-3-4-8-12-16-18;2*1-3(2)4(5)6/h17-18H,1-16H2;2*1H2,2H3,(H,5,6)/p-2. The molecule has 2 aliphatic carbocycles. The number of aliphatic carboxylic acids is 2. The molecular formula is C26H44O4-2. The van der Waals surface area contributed by atoms with Gasteiger partial charge in [0.15, 0.2) is 0 Å². The van der Waals surface area contributed by atoms with E-state index >= 15 is 0 Å². The predicted octanol–water partition coefficient (Wildman–Crippen LogP) is 5.11. The molecule has 0 bridgehead atoms. The third-order valence-corrected chi connectivity index (χ3v) is 6.16. The number of carboxylic acids is 2. The molecule has 0 unspecified atom stereocenters. The average molecular weight is 421 g/mol. The van der Waals surface area contributed by atoms with E-state index in [1.54, 1.807) is 25.7 Å². The fraction of sp³-hybridized carbons (Fsp3) is 0.769. The van der Waals surface area contributed by atoms with Crippen molar-refractivity contribution in [1.82, 2.24) is 0 Å². The Hall–Kier alpha value is -1.58. The Morgan fingerprint density at radius 1 is 0.533 bits per heavy atom. The fourth-order valence-corrected chi connectivity index (χ4v) is 4.27. The van der Waals surface area contributed by atoms with Crippen molar-refractivity contribution in [2.75, 3.05) is 0 Å². The maximum atomic E-state index is 9.49. The summed E-state index contributed by atoms with van der Waals surface area (Å²) >= 11 is 0. The van der Waals surface area contributed by atoms with Gasteiger partial charge in [-0.05, 0) is 36.8 Å². The zero-order valence-corrected chi connectivity index (χ0v) is 19.5. The second kappa shape index (κ2) is 18.2. The molecule has 0 radical (unpaired) electrons. The Labute approximate surface area is 184 Å². The van der Waals surface area contributed by atoms with Gasteiger partial charge in [-0.15, -0.1) is 0 Å². The number of carbonyl (C=O) groups excluding carboxylic acids is 2. The topological polar surface area (TPSA) is 80.3 Å². The molecule has 0 aliphatic heterocycles. The predicted molar refractivity (Wildman–Crippen MR) is 120 cm³/mol. The molecule has 4 heteroatoms. The van der Waals surface area contributed by atoms with E-state index in [1.807, 2.05) is 0 Å². The van der Waals surface area contributed by atoms with Gasteiger partial charge in [0.05, 0.1) is 11.9 Å². The first kappa shape index (κ1) is 28.4. The molecule has 2 aliphatic rings. The molecule has 0 amide bonds. The van der Waals surface area contributed by atoms with Crippen molar-refractivity contribution in [3.63, 3.8) is 0 Å². The normalized spacial score (nSPS) is 19.4. The number of carboxylic acid groups (broad SMARTS) is 2. The molecule has 4 nitrogen and oxygen atoms in total. The van der Waals surface area contributed by atoms with E-state index in [9.17, 15) is 19.8 Å². The lowest BCUT2D eigenvalue weighted by atomic mass is 9.79. The summed E-state index contributed by atoms with van der Waals surface area (Å²) in [6.07, 6.45) is 24.5. The number of hydrogen-bond donors (Lipinski definition) is 0. The first-order valence-electron chi connectivity index (χ1n) is 12.0. The van der Waals surface area contributed by atoms with Gasteiger partial charge in [-0.25, -0.2) is 0 Å². The Kier molecular flexibility index (Phi) is 17.3. The van der Waals surface area contributed by atoms with Crippen LogP contribution >= 0.6 is 0 Å². The van der Waals surface area contributed by atoms with Crippen LogP contribution in [0.5, 0.6) is 0 Å². The maximum absolute atomic E-state index is 9.49. The van der Waals surface area contributed by atoms with Crippen LogP contribution in [0.4, 0.5) is 0 Å². The molecule has 174 valence electrons. The van der Waals surface area contributed by atoms with Crippen LogP contribution in [0, 0.1) is 11.8 Å². The third-order valence-electron chi connectivity index (χ3n) is 6.16. The van der Waals surface area contributed by atoms with E-state index in [0.717, 1.165) is 11.8 Å². The molecule has 2 saturated carbocycles. The van der Waals surface area contributed by atoms with Crippen LogP contribution in [-0.4, -0.2) is 11.9 Å². The molecule has 2 fully saturated rings. The summed E-state index contributed by atoms with van der Waals surface area (Å²) in [5, 5.41) is 19.0. The van der Waals surface area contributed by atoms with Crippen molar-refractivity contribution >= 4 is 11.9 Å². The first-order chi connectivity index (χ1) is 14.3. The molecule has 0 N–H and O–H groups in total. The summed E-state index contributed by atoms with van der Waals surface area (Å²) in [4.78, 5) is 19.0. The molecular weight excluding hydrogens is 376 g/mol. The van der Waals surface area contributed by atoms with Gasteiger partial charge in [-0.1, -0.05) is 116 Å². The van der Waals surface area contributed by atoms with Crippen LogP contribution in [0.15, 0.2) is 24.3 Å². The Bertz CT molecular complexity index is 419. The van der Waals surface area contributed by atoms with Crippen LogP contribution in [0.2, 0.25) is 0 Å². The van der Waals surface area contributed by atoms with E-state index in [4.69, 9.17) is 0 Å². The quantitative estimate of drug-likeness (QED) is 0.594. The molecule has 0 spiro atoms. The van der Waals surface area contributed by atoms with Gasteiger partial charge >= 0.3 is 0 Å².